The molecular weight excluding hydrogens is 224 g/mol. The van der Waals surface area contributed by atoms with Crippen molar-refractivity contribution in [2.45, 2.75) is 38.1 Å². The fourth-order valence-corrected chi connectivity index (χ4v) is 2.67. The molecule has 3 heteroatoms. The molecule has 1 aliphatic rings. The highest BCUT2D eigenvalue weighted by atomic mass is 16.2. The van der Waals surface area contributed by atoms with Gasteiger partial charge >= 0.3 is 0 Å². The van der Waals surface area contributed by atoms with Gasteiger partial charge in [-0.05, 0) is 44.2 Å². The number of rotatable bonds is 2. The molecule has 0 aromatic heterocycles. The lowest BCUT2D eigenvalue weighted by Gasteiger charge is -2.32. The monoisotopic (exact) mass is 242 g/mol. The van der Waals surface area contributed by atoms with E-state index in [4.69, 9.17) is 0 Å². The number of carbonyl (C=O) groups is 1. The lowest BCUT2D eigenvalue weighted by Crippen LogP contribution is -2.46. The van der Waals surface area contributed by atoms with Crippen molar-refractivity contribution in [3.63, 3.8) is 0 Å². The molecule has 0 bridgehead atoms. The maximum absolute atomic E-state index is 12.5. The zero-order valence-electron chi connectivity index (χ0n) is 10.9. The molecule has 94 valence electrons. The van der Waals surface area contributed by atoms with E-state index in [-0.39, 0.29) is 5.91 Å². The zero-order valence-corrected chi connectivity index (χ0v) is 10.9. The van der Waals surface area contributed by atoms with Crippen LogP contribution in [0.15, 0.2) is 24.3 Å². The van der Waals surface area contributed by atoms with E-state index in [1.54, 1.807) is 11.9 Å². The summed E-state index contributed by atoms with van der Waals surface area (Å²) in [4.78, 5) is 14.1. The van der Waals surface area contributed by atoms with E-state index in [0.717, 1.165) is 31.2 Å². The standard InChI is InChI=1S/C15H18N2O/c1-12-7-3-4-8-13(12)14(18)17(2)15(11-16)9-5-6-10-15/h3-4,7-8H,5-6,9-10H2,1-2H3. The minimum atomic E-state index is -0.598. The van der Waals surface area contributed by atoms with Crippen molar-refractivity contribution in [2.24, 2.45) is 0 Å². The summed E-state index contributed by atoms with van der Waals surface area (Å²) in [5, 5.41) is 9.41. The molecule has 0 atom stereocenters. The normalized spacial score (nSPS) is 17.2. The fourth-order valence-electron chi connectivity index (χ4n) is 2.67. The average Bonchev–Trinajstić information content (AvgIpc) is 2.87. The first-order valence-corrected chi connectivity index (χ1v) is 6.36. The maximum atomic E-state index is 12.5. The van der Waals surface area contributed by atoms with Crippen molar-refractivity contribution >= 4 is 5.91 Å². The number of benzene rings is 1. The summed E-state index contributed by atoms with van der Waals surface area (Å²) < 4.78 is 0. The summed E-state index contributed by atoms with van der Waals surface area (Å²) in [6.07, 6.45) is 3.63. The molecule has 0 aliphatic heterocycles. The van der Waals surface area contributed by atoms with E-state index in [2.05, 4.69) is 6.07 Å². The van der Waals surface area contributed by atoms with Gasteiger partial charge in [-0.2, -0.15) is 5.26 Å². The molecule has 3 nitrogen and oxygen atoms in total. The van der Waals surface area contributed by atoms with Gasteiger partial charge in [-0.25, -0.2) is 0 Å². The Bertz CT molecular complexity index is 495. The van der Waals surface area contributed by atoms with Crippen molar-refractivity contribution < 1.29 is 4.79 Å². The Morgan fingerprint density at radius 2 is 1.94 bits per heavy atom. The number of nitriles is 1. The Balaban J connectivity index is 2.30. The SMILES string of the molecule is Cc1ccccc1C(=O)N(C)C1(C#N)CCCC1. The third kappa shape index (κ3) is 1.99. The predicted molar refractivity (Wildman–Crippen MR) is 70.1 cm³/mol. The van der Waals surface area contributed by atoms with Gasteiger partial charge in [0.25, 0.3) is 5.91 Å². The predicted octanol–water partition coefficient (Wildman–Crippen LogP) is 2.90. The largest absolute Gasteiger partial charge is 0.323 e. The van der Waals surface area contributed by atoms with Gasteiger partial charge in [-0.1, -0.05) is 18.2 Å². The fraction of sp³-hybridized carbons (Fsp3) is 0.467. The molecule has 1 aliphatic carbocycles. The molecule has 0 radical (unpaired) electrons. The van der Waals surface area contributed by atoms with Gasteiger partial charge in [0.1, 0.15) is 5.54 Å². The highest BCUT2D eigenvalue weighted by Gasteiger charge is 2.40. The molecule has 1 fully saturated rings. The average molecular weight is 242 g/mol. The van der Waals surface area contributed by atoms with Gasteiger partial charge in [0.15, 0.2) is 0 Å². The van der Waals surface area contributed by atoms with Crippen LogP contribution < -0.4 is 0 Å². The molecule has 0 N–H and O–H groups in total. The summed E-state index contributed by atoms with van der Waals surface area (Å²) >= 11 is 0. The van der Waals surface area contributed by atoms with Crippen molar-refractivity contribution in [3.05, 3.63) is 35.4 Å². The maximum Gasteiger partial charge on any atom is 0.255 e. The molecule has 2 rings (SSSR count). The van der Waals surface area contributed by atoms with E-state index in [1.165, 1.54) is 0 Å². The molecule has 0 saturated heterocycles. The Morgan fingerprint density at radius 3 is 2.50 bits per heavy atom. The van der Waals surface area contributed by atoms with Crippen molar-refractivity contribution in [1.82, 2.24) is 4.90 Å². The first-order valence-electron chi connectivity index (χ1n) is 6.36. The van der Waals surface area contributed by atoms with Crippen LogP contribution in [-0.2, 0) is 0 Å². The van der Waals surface area contributed by atoms with Crippen LogP contribution in [0.25, 0.3) is 0 Å². The molecule has 18 heavy (non-hydrogen) atoms. The highest BCUT2D eigenvalue weighted by Crippen LogP contribution is 2.34. The smallest absolute Gasteiger partial charge is 0.255 e. The van der Waals surface area contributed by atoms with Gasteiger partial charge in [-0.15, -0.1) is 0 Å². The molecule has 0 heterocycles. The second kappa shape index (κ2) is 4.81. The van der Waals surface area contributed by atoms with Crippen LogP contribution in [0.5, 0.6) is 0 Å². The first-order chi connectivity index (χ1) is 8.60. The summed E-state index contributed by atoms with van der Waals surface area (Å²) in [5.41, 5.74) is 1.06. The van der Waals surface area contributed by atoms with Gasteiger partial charge in [-0.3, -0.25) is 4.79 Å². The molecule has 1 aromatic carbocycles. The van der Waals surface area contributed by atoms with E-state index in [0.29, 0.717) is 5.56 Å². The van der Waals surface area contributed by atoms with Crippen molar-refractivity contribution in [2.75, 3.05) is 7.05 Å². The summed E-state index contributed by atoms with van der Waals surface area (Å²) in [6, 6.07) is 9.89. The molecule has 0 unspecified atom stereocenters. The quantitative estimate of drug-likeness (QED) is 0.800. The van der Waals surface area contributed by atoms with Crippen LogP contribution in [0.4, 0.5) is 0 Å². The van der Waals surface area contributed by atoms with Crippen molar-refractivity contribution in [3.8, 4) is 6.07 Å². The zero-order chi connectivity index (χ0) is 13.2. The Kier molecular flexibility index (Phi) is 3.38. The number of amides is 1. The van der Waals surface area contributed by atoms with Gasteiger partial charge in [0.2, 0.25) is 0 Å². The minimum absolute atomic E-state index is 0.0449. The number of hydrogen-bond acceptors (Lipinski definition) is 2. The number of hydrogen-bond donors (Lipinski definition) is 0. The minimum Gasteiger partial charge on any atom is -0.323 e. The van der Waals surface area contributed by atoms with E-state index in [9.17, 15) is 10.1 Å². The first kappa shape index (κ1) is 12.6. The molecule has 1 aromatic rings. The summed E-state index contributed by atoms with van der Waals surface area (Å²) in [6.45, 7) is 1.93. The van der Waals surface area contributed by atoms with E-state index < -0.39 is 5.54 Å². The van der Waals surface area contributed by atoms with Crippen LogP contribution in [0.2, 0.25) is 0 Å². The van der Waals surface area contributed by atoms with Crippen LogP contribution in [0.1, 0.15) is 41.6 Å². The van der Waals surface area contributed by atoms with Gasteiger partial charge in [0.05, 0.1) is 6.07 Å². The highest BCUT2D eigenvalue weighted by molar-refractivity contribution is 5.96. The van der Waals surface area contributed by atoms with E-state index >= 15 is 0 Å². The van der Waals surface area contributed by atoms with Gasteiger partial charge in [0, 0.05) is 12.6 Å². The van der Waals surface area contributed by atoms with Crippen molar-refractivity contribution in [1.29, 1.82) is 5.26 Å². The topological polar surface area (TPSA) is 44.1 Å². The number of aryl methyl sites for hydroxylation is 1. The van der Waals surface area contributed by atoms with Crippen LogP contribution in [-0.4, -0.2) is 23.4 Å². The third-order valence-corrected chi connectivity index (χ3v) is 3.96. The molecule has 1 saturated carbocycles. The molecule has 1 amide bonds. The van der Waals surface area contributed by atoms with Gasteiger partial charge < -0.3 is 4.90 Å². The summed E-state index contributed by atoms with van der Waals surface area (Å²) in [7, 11) is 1.75. The van der Waals surface area contributed by atoms with Crippen LogP contribution in [0, 0.1) is 18.3 Å². The number of carbonyl (C=O) groups excluding carboxylic acids is 1. The lowest BCUT2D eigenvalue weighted by molar-refractivity contribution is 0.0662. The van der Waals surface area contributed by atoms with Crippen LogP contribution >= 0.6 is 0 Å². The number of nitrogens with zero attached hydrogens (tertiary/aromatic N) is 2. The Morgan fingerprint density at radius 1 is 1.33 bits per heavy atom. The second-order valence-electron chi connectivity index (χ2n) is 5.03. The summed E-state index contributed by atoms with van der Waals surface area (Å²) in [5.74, 6) is -0.0449. The lowest BCUT2D eigenvalue weighted by atomic mass is 9.96. The Hall–Kier alpha value is -1.82. The van der Waals surface area contributed by atoms with Crippen LogP contribution in [0.3, 0.4) is 0 Å². The third-order valence-electron chi connectivity index (χ3n) is 3.96. The molecular formula is C15H18N2O. The molecule has 0 spiro atoms. The second-order valence-corrected chi connectivity index (χ2v) is 5.03. The Labute approximate surface area is 108 Å². The van der Waals surface area contributed by atoms with E-state index in [1.807, 2.05) is 31.2 Å².